The van der Waals surface area contributed by atoms with E-state index in [1.54, 1.807) is 85.0 Å². The number of hydrogen-bond acceptors (Lipinski definition) is 15. The first-order valence-electron chi connectivity index (χ1n) is 28.0. The van der Waals surface area contributed by atoms with Crippen LogP contribution in [0.2, 0.25) is 0 Å². The minimum Gasteiger partial charge on any atom is -0.465 e. The Bertz CT molecular complexity index is 3440. The van der Waals surface area contributed by atoms with Gasteiger partial charge in [-0.25, -0.2) is 29.7 Å². The van der Waals surface area contributed by atoms with Gasteiger partial charge in [-0.15, -0.1) is 0 Å². The molecule has 1 saturated heterocycles. The van der Waals surface area contributed by atoms with E-state index in [0.717, 1.165) is 76.5 Å². The van der Waals surface area contributed by atoms with Crippen LogP contribution in [0.25, 0.3) is 22.4 Å². The van der Waals surface area contributed by atoms with E-state index in [4.69, 9.17) is 4.98 Å². The molecule has 4 aromatic heterocycles. The van der Waals surface area contributed by atoms with Crippen molar-refractivity contribution in [1.29, 1.82) is 5.26 Å². The van der Waals surface area contributed by atoms with Gasteiger partial charge < -0.3 is 35.4 Å². The van der Waals surface area contributed by atoms with Gasteiger partial charge in [0.05, 0.1) is 47.1 Å². The molecule has 4 amide bonds. The smallest absolute Gasteiger partial charge is 0.416 e. The van der Waals surface area contributed by atoms with Gasteiger partial charge in [0.25, 0.3) is 11.8 Å². The van der Waals surface area contributed by atoms with E-state index in [2.05, 4.69) is 46.7 Å². The van der Waals surface area contributed by atoms with E-state index in [1.165, 1.54) is 0 Å². The third-order valence-corrected chi connectivity index (χ3v) is 15.1. The lowest BCUT2D eigenvalue weighted by atomic mass is 9.97. The van der Waals surface area contributed by atoms with Crippen molar-refractivity contribution in [3.8, 4) is 28.5 Å². The van der Waals surface area contributed by atoms with Crippen LogP contribution in [0.15, 0.2) is 97.5 Å². The summed E-state index contributed by atoms with van der Waals surface area (Å²) in [6.07, 6.45) is 9.35. The number of ether oxygens (including phenoxy) is 1. The number of benzene rings is 2. The minimum atomic E-state index is -4.73. The fourth-order valence-electron chi connectivity index (χ4n) is 10.4. The largest absolute Gasteiger partial charge is 0.465 e. The number of halogens is 3. The van der Waals surface area contributed by atoms with Crippen molar-refractivity contribution in [1.82, 2.24) is 40.5 Å². The molecule has 2 aromatic carbocycles. The molecule has 22 heteroatoms. The molecule has 0 bridgehead atoms. The van der Waals surface area contributed by atoms with Gasteiger partial charge in [-0.2, -0.15) is 18.4 Å². The fraction of sp³-hybridized carbons (Fsp3) is 0.387. The lowest BCUT2D eigenvalue weighted by molar-refractivity contribution is -0.137. The first-order chi connectivity index (χ1) is 40.2. The van der Waals surface area contributed by atoms with Crippen molar-refractivity contribution in [3.05, 3.63) is 142 Å². The Kier molecular flexibility index (Phi) is 19.8. The molecule has 438 valence electrons. The highest BCUT2D eigenvalue weighted by Crippen LogP contribution is 2.40. The van der Waals surface area contributed by atoms with E-state index in [1.807, 2.05) is 36.6 Å². The Morgan fingerprint density at radius 2 is 1.49 bits per heavy atom. The molecule has 0 spiro atoms. The number of ketones is 1. The number of piperazine rings is 1. The highest BCUT2D eigenvalue weighted by atomic mass is 19.4. The number of nitriles is 1. The van der Waals surface area contributed by atoms with E-state index < -0.39 is 34.7 Å². The van der Waals surface area contributed by atoms with Crippen molar-refractivity contribution >= 4 is 53.0 Å². The summed E-state index contributed by atoms with van der Waals surface area (Å²) in [5.41, 5.74) is 2.32. The molecule has 2 aliphatic heterocycles. The normalized spacial score (nSPS) is 14.6. The van der Waals surface area contributed by atoms with Gasteiger partial charge in [-0.05, 0) is 112 Å². The van der Waals surface area contributed by atoms with Gasteiger partial charge in [0, 0.05) is 86.2 Å². The molecule has 19 nitrogen and oxygen atoms in total. The highest BCUT2D eigenvalue weighted by molar-refractivity contribution is 6.13. The van der Waals surface area contributed by atoms with Gasteiger partial charge in [0.15, 0.2) is 5.78 Å². The zero-order valence-corrected chi connectivity index (χ0v) is 47.6. The molecule has 3 N–H and O–H groups in total. The molecular formula is C62H67F3N12O7. The predicted octanol–water partition coefficient (Wildman–Crippen LogP) is 9.70. The van der Waals surface area contributed by atoms with Crippen molar-refractivity contribution in [3.63, 3.8) is 0 Å². The lowest BCUT2D eigenvalue weighted by Gasteiger charge is -2.39. The highest BCUT2D eigenvalue weighted by Gasteiger charge is 2.45. The molecule has 0 radical (unpaired) electrons. The summed E-state index contributed by atoms with van der Waals surface area (Å²) in [6.45, 7) is 9.59. The SMILES string of the molecule is COC(=O)c1cc(C(F)(F)F)ccc1C(=O)Nc1cc(-c2ccc(C(=O)NCCCCCCCCCCCC(=O)NCC(=O)N3CCN(c4ncc(-c5ccc6c(n5)N(Cc5cccnc5C#N)C(C)(C)C6=O)cn4)C[C@H]3C)cc2)cc(C)n1. The molecule has 8 rings (SSSR count). The van der Waals surface area contributed by atoms with Gasteiger partial charge in [0.1, 0.15) is 23.4 Å². The number of amides is 4. The fourth-order valence-corrected chi connectivity index (χ4v) is 10.4. The summed E-state index contributed by atoms with van der Waals surface area (Å²) >= 11 is 0. The monoisotopic (exact) mass is 1150 g/mol. The lowest BCUT2D eigenvalue weighted by Crippen LogP contribution is -2.56. The summed E-state index contributed by atoms with van der Waals surface area (Å²) in [4.78, 5) is 106. The number of carbonyl (C=O) groups excluding carboxylic acids is 6. The summed E-state index contributed by atoms with van der Waals surface area (Å²) in [5.74, 6) is -1.35. The summed E-state index contributed by atoms with van der Waals surface area (Å²) in [7, 11) is 1.01. The standard InChI is InChI=1S/C62H67F3N12O7/c1-39-30-44(31-52(72-39)74-58(82)47-23-22-46(62(63,64)65)32-49(47)59(83)84-5)41-18-20-42(21-19-41)57(81)68-26-14-12-10-8-6-7-9-11-13-17-53(78)69-36-54(79)76-29-28-75(37-40(76)2)60-70-34-45(35-71-60)50-25-24-48-55(80)61(3,4)77(56(48)73-50)38-43-16-15-27-67-51(43)33-66/h15-16,18-25,27,30-32,34-35,40H,6-14,17,26,28-29,36-38H2,1-5H3,(H,68,81)(H,69,78)(H,72,74,82)/t40-/m1/s1. The Morgan fingerprint density at radius 3 is 2.17 bits per heavy atom. The Labute approximate surface area is 485 Å². The van der Waals surface area contributed by atoms with Gasteiger partial charge in [0.2, 0.25) is 17.8 Å². The third-order valence-electron chi connectivity index (χ3n) is 15.1. The number of anilines is 3. The summed E-state index contributed by atoms with van der Waals surface area (Å²) in [6, 6.07) is 21.6. The number of fused-ring (bicyclic) bond motifs is 1. The molecule has 1 fully saturated rings. The number of carbonyl (C=O) groups is 6. The molecule has 0 aliphatic carbocycles. The van der Waals surface area contributed by atoms with Crippen LogP contribution in [-0.4, -0.2) is 117 Å². The molecule has 0 saturated carbocycles. The van der Waals surface area contributed by atoms with Crippen LogP contribution in [0.5, 0.6) is 0 Å². The summed E-state index contributed by atoms with van der Waals surface area (Å²) in [5, 5.41) is 18.0. The Hall–Kier alpha value is -9.13. The number of rotatable bonds is 23. The number of nitrogens with one attached hydrogen (secondary N) is 3. The third kappa shape index (κ3) is 14.9. The number of methoxy groups -OCH3 is 1. The zero-order valence-electron chi connectivity index (χ0n) is 47.6. The Morgan fingerprint density at radius 1 is 0.786 bits per heavy atom. The molecule has 84 heavy (non-hydrogen) atoms. The zero-order chi connectivity index (χ0) is 60.1. The van der Waals surface area contributed by atoms with Crippen LogP contribution >= 0.6 is 0 Å². The maximum atomic E-state index is 13.5. The van der Waals surface area contributed by atoms with Crippen molar-refractivity contribution in [2.75, 3.05) is 55.0 Å². The molecule has 0 unspecified atom stereocenters. The number of aryl methyl sites for hydroxylation is 1. The number of hydrogen-bond donors (Lipinski definition) is 3. The Balaban J connectivity index is 0.669. The number of unbranched alkanes of at least 4 members (excludes halogenated alkanes) is 8. The van der Waals surface area contributed by atoms with Gasteiger partial charge >= 0.3 is 12.1 Å². The second-order valence-electron chi connectivity index (χ2n) is 21.4. The number of aromatic nitrogens is 5. The van der Waals surface area contributed by atoms with Crippen LogP contribution in [0.4, 0.5) is 30.8 Å². The average molecular weight is 1150 g/mol. The quantitative estimate of drug-likeness (QED) is 0.0399. The molecule has 6 heterocycles. The predicted molar refractivity (Wildman–Crippen MR) is 309 cm³/mol. The number of nitrogens with zero attached hydrogens (tertiary/aromatic N) is 9. The van der Waals surface area contributed by atoms with Crippen LogP contribution in [0.3, 0.4) is 0 Å². The average Bonchev–Trinajstić information content (AvgIpc) is 1.82. The number of alkyl halides is 3. The van der Waals surface area contributed by atoms with Crippen molar-refractivity contribution in [2.45, 2.75) is 116 Å². The number of esters is 1. The van der Waals surface area contributed by atoms with Crippen LogP contribution < -0.4 is 25.8 Å². The maximum absolute atomic E-state index is 13.5. The van der Waals surface area contributed by atoms with E-state index >= 15 is 0 Å². The second kappa shape index (κ2) is 27.3. The van der Waals surface area contributed by atoms with E-state index in [-0.39, 0.29) is 54.0 Å². The summed E-state index contributed by atoms with van der Waals surface area (Å²) < 4.78 is 44.6. The topological polar surface area (TPSA) is 246 Å². The maximum Gasteiger partial charge on any atom is 0.416 e. The first-order valence-corrected chi connectivity index (χ1v) is 28.0. The van der Waals surface area contributed by atoms with Gasteiger partial charge in [-0.1, -0.05) is 63.1 Å². The molecular weight excluding hydrogens is 1080 g/mol. The van der Waals surface area contributed by atoms with Crippen LogP contribution in [0.1, 0.15) is 149 Å². The first kappa shape index (κ1) is 61.0. The molecule has 6 aromatic rings. The minimum absolute atomic E-state index is 0.0601. The van der Waals surface area contributed by atoms with Crippen molar-refractivity contribution in [2.24, 2.45) is 0 Å². The molecule has 2 aliphatic rings. The van der Waals surface area contributed by atoms with E-state index in [0.29, 0.717) is 101 Å². The number of Topliss-reactive ketones (excluding diaryl/α,β-unsaturated/α-hetero) is 1. The second-order valence-corrected chi connectivity index (χ2v) is 21.4. The number of pyridine rings is 3. The van der Waals surface area contributed by atoms with Gasteiger partial charge in [-0.3, -0.25) is 24.0 Å². The van der Waals surface area contributed by atoms with Crippen LogP contribution in [0, 0.1) is 18.3 Å². The molecule has 1 atom stereocenters. The van der Waals surface area contributed by atoms with Crippen LogP contribution in [-0.2, 0) is 27.0 Å². The van der Waals surface area contributed by atoms with Crippen molar-refractivity contribution < 1.29 is 46.7 Å². The van der Waals surface area contributed by atoms with E-state index in [9.17, 15) is 47.2 Å².